The van der Waals surface area contributed by atoms with Gasteiger partial charge in [-0.25, -0.2) is 13.4 Å². The van der Waals surface area contributed by atoms with E-state index in [0.717, 1.165) is 24.8 Å². The minimum Gasteiger partial charge on any atom is -0.440 e. The summed E-state index contributed by atoms with van der Waals surface area (Å²) in [6, 6.07) is 16.4. The first-order valence-corrected chi connectivity index (χ1v) is 13.1. The quantitative estimate of drug-likeness (QED) is 0.344. The molecule has 10 heteroatoms. The Kier molecular flexibility index (Phi) is 6.30. The molecule has 170 valence electrons. The topological polar surface area (TPSA) is 102 Å². The van der Waals surface area contributed by atoms with Crippen molar-refractivity contribution in [2.45, 2.75) is 35.1 Å². The monoisotopic (exact) mass is 482 g/mol. The molecule has 0 atom stereocenters. The van der Waals surface area contributed by atoms with Gasteiger partial charge < -0.3 is 8.83 Å². The number of aromatic nitrogens is 3. The molecule has 0 saturated carbocycles. The second-order valence-corrected chi connectivity index (χ2v) is 10.5. The van der Waals surface area contributed by atoms with Crippen molar-refractivity contribution in [2.24, 2.45) is 0 Å². The normalized spacial score (nSPS) is 15.0. The van der Waals surface area contributed by atoms with E-state index in [9.17, 15) is 8.42 Å². The van der Waals surface area contributed by atoms with Crippen LogP contribution >= 0.6 is 11.8 Å². The Morgan fingerprint density at radius 3 is 2.52 bits per heavy atom. The van der Waals surface area contributed by atoms with Crippen LogP contribution in [0.1, 0.15) is 25.2 Å². The van der Waals surface area contributed by atoms with Gasteiger partial charge in [-0.15, -0.1) is 10.2 Å². The van der Waals surface area contributed by atoms with Crippen LogP contribution in [-0.4, -0.2) is 41.0 Å². The number of benzene rings is 2. The lowest BCUT2D eigenvalue weighted by atomic mass is 10.2. The summed E-state index contributed by atoms with van der Waals surface area (Å²) < 4.78 is 39.1. The first-order chi connectivity index (χ1) is 16.1. The molecule has 3 heterocycles. The van der Waals surface area contributed by atoms with Gasteiger partial charge >= 0.3 is 0 Å². The van der Waals surface area contributed by atoms with Crippen molar-refractivity contribution < 1.29 is 17.3 Å². The molecule has 1 saturated heterocycles. The Morgan fingerprint density at radius 1 is 0.909 bits per heavy atom. The molecule has 0 spiro atoms. The molecule has 0 amide bonds. The van der Waals surface area contributed by atoms with Gasteiger partial charge in [-0.2, -0.15) is 4.31 Å². The highest BCUT2D eigenvalue weighted by Crippen LogP contribution is 2.29. The predicted molar refractivity (Wildman–Crippen MR) is 124 cm³/mol. The highest BCUT2D eigenvalue weighted by Gasteiger charge is 2.26. The Bertz CT molecular complexity index is 1330. The molecule has 0 radical (unpaired) electrons. The summed E-state index contributed by atoms with van der Waals surface area (Å²) >= 11 is 1.31. The molecule has 5 rings (SSSR count). The summed E-state index contributed by atoms with van der Waals surface area (Å²) in [4.78, 5) is 4.55. The zero-order chi connectivity index (χ0) is 22.7. The van der Waals surface area contributed by atoms with Crippen LogP contribution in [0.5, 0.6) is 0 Å². The second kappa shape index (κ2) is 9.50. The Balaban J connectivity index is 1.27. The number of oxazole rings is 1. The van der Waals surface area contributed by atoms with Crippen LogP contribution in [0, 0.1) is 0 Å². The van der Waals surface area contributed by atoms with E-state index in [1.165, 1.54) is 11.8 Å². The van der Waals surface area contributed by atoms with Gasteiger partial charge in [-0.1, -0.05) is 54.6 Å². The van der Waals surface area contributed by atoms with Crippen molar-refractivity contribution in [2.75, 3.05) is 13.1 Å². The third-order valence-corrected chi connectivity index (χ3v) is 8.07. The first kappa shape index (κ1) is 21.9. The van der Waals surface area contributed by atoms with E-state index >= 15 is 0 Å². The van der Waals surface area contributed by atoms with Gasteiger partial charge in [0.25, 0.3) is 5.22 Å². The lowest BCUT2D eigenvalue weighted by molar-refractivity contribution is 0.346. The van der Waals surface area contributed by atoms with Gasteiger partial charge in [0.15, 0.2) is 5.76 Å². The second-order valence-electron chi connectivity index (χ2n) is 7.64. The van der Waals surface area contributed by atoms with Crippen molar-refractivity contribution in [3.05, 3.63) is 66.7 Å². The summed E-state index contributed by atoms with van der Waals surface area (Å²) in [5, 5.41) is 8.52. The molecule has 4 aromatic rings. The van der Waals surface area contributed by atoms with Gasteiger partial charge in [-0.3, -0.25) is 0 Å². The third-order valence-electron chi connectivity index (χ3n) is 5.37. The lowest BCUT2D eigenvalue weighted by Crippen LogP contribution is -2.35. The number of nitrogens with zero attached hydrogens (tertiary/aromatic N) is 4. The summed E-state index contributed by atoms with van der Waals surface area (Å²) in [6.07, 6.45) is 4.54. The Morgan fingerprint density at radius 2 is 1.70 bits per heavy atom. The molecule has 8 nitrogen and oxygen atoms in total. The fraction of sp³-hybridized carbons (Fsp3) is 0.261. The maximum absolute atomic E-state index is 13.0. The number of hydrogen-bond acceptors (Lipinski definition) is 8. The Hall–Kier alpha value is -2.95. The number of piperidine rings is 1. The van der Waals surface area contributed by atoms with E-state index < -0.39 is 10.0 Å². The highest BCUT2D eigenvalue weighted by molar-refractivity contribution is 7.98. The molecule has 1 aliphatic rings. The van der Waals surface area contributed by atoms with E-state index in [1.807, 2.05) is 30.3 Å². The largest absolute Gasteiger partial charge is 0.440 e. The number of sulfonamides is 1. The van der Waals surface area contributed by atoms with E-state index in [4.69, 9.17) is 8.83 Å². The van der Waals surface area contributed by atoms with Crippen LogP contribution < -0.4 is 0 Å². The van der Waals surface area contributed by atoms with Crippen LogP contribution in [-0.2, 0) is 15.8 Å². The number of rotatable bonds is 7. The van der Waals surface area contributed by atoms with Crippen molar-refractivity contribution >= 4 is 21.8 Å². The molecule has 2 aromatic heterocycles. The predicted octanol–water partition coefficient (Wildman–Crippen LogP) is 4.86. The minimum atomic E-state index is -3.54. The van der Waals surface area contributed by atoms with Crippen LogP contribution in [0.2, 0.25) is 0 Å². The molecule has 33 heavy (non-hydrogen) atoms. The van der Waals surface area contributed by atoms with Crippen molar-refractivity contribution in [3.63, 3.8) is 0 Å². The van der Waals surface area contributed by atoms with E-state index in [0.29, 0.717) is 41.3 Å². The molecule has 0 N–H and O–H groups in total. The van der Waals surface area contributed by atoms with Gasteiger partial charge in [0.05, 0.1) is 16.8 Å². The average molecular weight is 483 g/mol. The van der Waals surface area contributed by atoms with Gasteiger partial charge in [0.2, 0.25) is 21.8 Å². The van der Waals surface area contributed by atoms with E-state index in [-0.39, 0.29) is 10.8 Å². The van der Waals surface area contributed by atoms with Gasteiger partial charge in [0.1, 0.15) is 0 Å². The fourth-order valence-electron chi connectivity index (χ4n) is 3.66. The third kappa shape index (κ3) is 4.87. The highest BCUT2D eigenvalue weighted by atomic mass is 32.2. The van der Waals surface area contributed by atoms with Crippen LogP contribution in [0.15, 0.2) is 79.7 Å². The summed E-state index contributed by atoms with van der Waals surface area (Å²) in [5.74, 6) is 1.95. The zero-order valence-electron chi connectivity index (χ0n) is 17.8. The molecule has 1 fully saturated rings. The molecule has 0 aliphatic carbocycles. The molecule has 2 aromatic carbocycles. The summed E-state index contributed by atoms with van der Waals surface area (Å²) in [7, 11) is -3.54. The molecular weight excluding hydrogens is 460 g/mol. The van der Waals surface area contributed by atoms with Crippen LogP contribution in [0.3, 0.4) is 0 Å². The first-order valence-electron chi connectivity index (χ1n) is 10.7. The number of thioether (sulfide) groups is 1. The zero-order valence-corrected chi connectivity index (χ0v) is 19.4. The molecule has 1 aliphatic heterocycles. The van der Waals surface area contributed by atoms with Crippen molar-refractivity contribution in [3.8, 4) is 22.8 Å². The van der Waals surface area contributed by atoms with Gasteiger partial charge in [-0.05, 0) is 31.0 Å². The molecular formula is C23H22N4O4S2. The average Bonchev–Trinajstić information content (AvgIpc) is 3.54. The molecule has 0 bridgehead atoms. The number of hydrogen-bond donors (Lipinski definition) is 0. The fourth-order valence-corrected chi connectivity index (χ4v) is 5.85. The minimum absolute atomic E-state index is 0.238. The SMILES string of the molecule is O=S(=O)(c1cccc(-c2nnc(SCc3ncc(-c4ccccc4)o3)o2)c1)N1CCCCC1. The van der Waals surface area contributed by atoms with E-state index in [2.05, 4.69) is 15.2 Å². The van der Waals surface area contributed by atoms with Crippen molar-refractivity contribution in [1.82, 2.24) is 19.5 Å². The smallest absolute Gasteiger partial charge is 0.277 e. The van der Waals surface area contributed by atoms with Crippen molar-refractivity contribution in [1.29, 1.82) is 0 Å². The van der Waals surface area contributed by atoms with Crippen LogP contribution in [0.4, 0.5) is 0 Å². The van der Waals surface area contributed by atoms with Crippen LogP contribution in [0.25, 0.3) is 22.8 Å². The molecule has 0 unspecified atom stereocenters. The van der Waals surface area contributed by atoms with E-state index in [1.54, 1.807) is 34.8 Å². The maximum Gasteiger partial charge on any atom is 0.277 e. The lowest BCUT2D eigenvalue weighted by Gasteiger charge is -2.25. The maximum atomic E-state index is 13.0. The Labute approximate surface area is 196 Å². The van der Waals surface area contributed by atoms with Gasteiger partial charge in [0, 0.05) is 24.2 Å². The summed E-state index contributed by atoms with van der Waals surface area (Å²) in [6.45, 7) is 1.11. The summed E-state index contributed by atoms with van der Waals surface area (Å²) in [5.41, 5.74) is 1.52. The standard InChI is InChI=1S/C23H22N4O4S2/c28-33(29,27-12-5-2-6-13-27)19-11-7-10-18(14-19)22-25-26-23(31-22)32-16-21-24-15-20(30-21)17-8-3-1-4-9-17/h1,3-4,7-11,14-15H,2,5-6,12-13,16H2.